The quantitative estimate of drug-likeness (QED) is 0.755. The van der Waals surface area contributed by atoms with Crippen molar-refractivity contribution in [1.82, 2.24) is 10.6 Å². The van der Waals surface area contributed by atoms with Crippen LogP contribution < -0.4 is 15.5 Å². The zero-order valence-corrected chi connectivity index (χ0v) is 12.5. The maximum absolute atomic E-state index is 12.1. The van der Waals surface area contributed by atoms with Gasteiger partial charge in [0.2, 0.25) is 0 Å². The molecular formula is C16H24N3O2+. The van der Waals surface area contributed by atoms with Crippen molar-refractivity contribution in [2.24, 2.45) is 0 Å². The Labute approximate surface area is 125 Å². The summed E-state index contributed by atoms with van der Waals surface area (Å²) in [6.07, 6.45) is 3.57. The molecule has 0 aliphatic carbocycles. The van der Waals surface area contributed by atoms with E-state index < -0.39 is 6.03 Å². The fourth-order valence-corrected chi connectivity index (χ4v) is 2.67. The predicted molar refractivity (Wildman–Crippen MR) is 80.8 cm³/mol. The van der Waals surface area contributed by atoms with Crippen molar-refractivity contribution in [3.8, 4) is 0 Å². The average molecular weight is 290 g/mol. The van der Waals surface area contributed by atoms with E-state index in [9.17, 15) is 9.59 Å². The molecule has 1 aliphatic rings. The number of carbonyl (C=O) groups excluding carboxylic acids is 2. The van der Waals surface area contributed by atoms with Crippen LogP contribution in [0.1, 0.15) is 31.7 Å². The van der Waals surface area contributed by atoms with Gasteiger partial charge in [-0.05, 0) is 31.7 Å². The third-order valence-electron chi connectivity index (χ3n) is 4.03. The molecule has 114 valence electrons. The molecule has 21 heavy (non-hydrogen) atoms. The molecule has 0 spiro atoms. The third-order valence-corrected chi connectivity index (χ3v) is 4.03. The summed E-state index contributed by atoms with van der Waals surface area (Å²) in [5.41, 5.74) is 1.01. The lowest BCUT2D eigenvalue weighted by molar-refractivity contribution is -0.918. The fourth-order valence-electron chi connectivity index (χ4n) is 2.67. The Kier molecular flexibility index (Phi) is 5.75. The van der Waals surface area contributed by atoms with E-state index in [1.807, 2.05) is 37.3 Å². The largest absolute Gasteiger partial charge is 0.334 e. The van der Waals surface area contributed by atoms with Crippen LogP contribution in [0.2, 0.25) is 0 Å². The van der Waals surface area contributed by atoms with Gasteiger partial charge < -0.3 is 10.2 Å². The van der Waals surface area contributed by atoms with E-state index in [-0.39, 0.29) is 11.9 Å². The number of likely N-dealkylation sites (tertiary alicyclic amines) is 1. The molecule has 1 atom stereocenters. The third kappa shape index (κ3) is 4.86. The molecule has 1 aliphatic heterocycles. The molecule has 0 radical (unpaired) electrons. The number of rotatable bonds is 4. The van der Waals surface area contributed by atoms with Gasteiger partial charge in [-0.2, -0.15) is 0 Å². The minimum atomic E-state index is -0.424. The van der Waals surface area contributed by atoms with Crippen LogP contribution >= 0.6 is 0 Å². The number of benzene rings is 1. The van der Waals surface area contributed by atoms with Gasteiger partial charge in [-0.15, -0.1) is 0 Å². The highest BCUT2D eigenvalue weighted by Gasteiger charge is 2.27. The van der Waals surface area contributed by atoms with Gasteiger partial charge in [0.25, 0.3) is 5.91 Å². The molecule has 5 nitrogen and oxygen atoms in total. The number of quaternary nitrogens is 1. The Hall–Kier alpha value is -1.88. The molecule has 1 aromatic carbocycles. The smallest absolute Gasteiger partial charge is 0.321 e. The predicted octanol–water partition coefficient (Wildman–Crippen LogP) is 0.470. The Morgan fingerprint density at radius 3 is 2.48 bits per heavy atom. The maximum Gasteiger partial charge on any atom is 0.321 e. The van der Waals surface area contributed by atoms with Crippen LogP contribution in [-0.4, -0.2) is 31.1 Å². The van der Waals surface area contributed by atoms with Gasteiger partial charge in [0.05, 0.1) is 13.1 Å². The van der Waals surface area contributed by atoms with Crippen LogP contribution in [-0.2, 0) is 11.3 Å². The number of hydrogen-bond donors (Lipinski definition) is 3. The standard InChI is InChI=1S/C16H23N3O2/c1-13(19-10-6-3-7-11-19)15(20)18-16(21)17-12-14-8-4-2-5-9-14/h2,4-5,8-9,13H,3,6-7,10-12H2,1H3,(H2,17,18,20,21)/p+1/t13-/m0/s1. The molecule has 0 aromatic heterocycles. The fraction of sp³-hybridized carbons (Fsp3) is 0.500. The van der Waals surface area contributed by atoms with Crippen LogP contribution in [0.15, 0.2) is 30.3 Å². The van der Waals surface area contributed by atoms with Crippen molar-refractivity contribution in [2.45, 2.75) is 38.8 Å². The van der Waals surface area contributed by atoms with Gasteiger partial charge in [-0.3, -0.25) is 10.1 Å². The minimum absolute atomic E-state index is 0.173. The highest BCUT2D eigenvalue weighted by atomic mass is 16.2. The van der Waals surface area contributed by atoms with Crippen molar-refractivity contribution < 1.29 is 14.5 Å². The first-order valence-corrected chi connectivity index (χ1v) is 7.64. The van der Waals surface area contributed by atoms with Crippen LogP contribution in [0.5, 0.6) is 0 Å². The van der Waals surface area contributed by atoms with E-state index in [1.54, 1.807) is 0 Å². The molecule has 2 rings (SSSR count). The minimum Gasteiger partial charge on any atom is -0.334 e. The van der Waals surface area contributed by atoms with Crippen LogP contribution in [0.3, 0.4) is 0 Å². The Morgan fingerprint density at radius 1 is 1.14 bits per heavy atom. The topological polar surface area (TPSA) is 62.6 Å². The molecule has 3 N–H and O–H groups in total. The van der Waals surface area contributed by atoms with Crippen molar-refractivity contribution in [3.05, 3.63) is 35.9 Å². The number of urea groups is 1. The molecule has 0 unspecified atom stereocenters. The summed E-state index contributed by atoms with van der Waals surface area (Å²) in [7, 11) is 0. The monoisotopic (exact) mass is 290 g/mol. The number of carbonyl (C=O) groups is 2. The zero-order valence-electron chi connectivity index (χ0n) is 12.5. The molecule has 1 aromatic rings. The lowest BCUT2D eigenvalue weighted by Crippen LogP contribution is -3.17. The van der Waals surface area contributed by atoms with Gasteiger partial charge in [-0.1, -0.05) is 30.3 Å². The van der Waals surface area contributed by atoms with E-state index in [1.165, 1.54) is 11.3 Å². The summed E-state index contributed by atoms with van der Waals surface area (Å²) in [6, 6.07) is 9.03. The second-order valence-electron chi connectivity index (χ2n) is 5.60. The molecule has 0 saturated carbocycles. The first-order valence-electron chi connectivity index (χ1n) is 7.64. The highest BCUT2D eigenvalue weighted by Crippen LogP contribution is 1.97. The van der Waals surface area contributed by atoms with Crippen LogP contribution in [0, 0.1) is 0 Å². The van der Waals surface area contributed by atoms with Crippen molar-refractivity contribution in [3.63, 3.8) is 0 Å². The van der Waals surface area contributed by atoms with Gasteiger partial charge in [0.15, 0.2) is 6.04 Å². The van der Waals surface area contributed by atoms with E-state index in [0.717, 1.165) is 31.5 Å². The van der Waals surface area contributed by atoms with Gasteiger partial charge >= 0.3 is 6.03 Å². The van der Waals surface area contributed by atoms with Crippen molar-refractivity contribution in [1.29, 1.82) is 0 Å². The molecule has 5 heteroatoms. The number of amides is 3. The van der Waals surface area contributed by atoms with E-state index in [0.29, 0.717) is 6.54 Å². The van der Waals surface area contributed by atoms with Gasteiger partial charge in [0, 0.05) is 6.54 Å². The lowest BCUT2D eigenvalue weighted by atomic mass is 10.1. The number of nitrogens with one attached hydrogen (secondary N) is 3. The van der Waals surface area contributed by atoms with Crippen LogP contribution in [0.4, 0.5) is 4.79 Å². The summed E-state index contributed by atoms with van der Waals surface area (Å²) >= 11 is 0. The molecule has 0 bridgehead atoms. The Morgan fingerprint density at radius 2 is 1.81 bits per heavy atom. The summed E-state index contributed by atoms with van der Waals surface area (Å²) in [5, 5.41) is 5.14. The summed E-state index contributed by atoms with van der Waals surface area (Å²) < 4.78 is 0. The van der Waals surface area contributed by atoms with Crippen molar-refractivity contribution >= 4 is 11.9 Å². The summed E-state index contributed by atoms with van der Waals surface area (Å²) in [4.78, 5) is 25.1. The maximum atomic E-state index is 12.1. The van der Waals surface area contributed by atoms with Gasteiger partial charge in [-0.25, -0.2) is 4.79 Å². The second-order valence-corrected chi connectivity index (χ2v) is 5.60. The molecule has 3 amide bonds. The molecule has 1 fully saturated rings. The lowest BCUT2D eigenvalue weighted by Gasteiger charge is -2.28. The molecule has 1 saturated heterocycles. The molecule has 1 heterocycles. The zero-order chi connectivity index (χ0) is 15.1. The number of hydrogen-bond acceptors (Lipinski definition) is 2. The van der Waals surface area contributed by atoms with E-state index >= 15 is 0 Å². The van der Waals surface area contributed by atoms with Crippen LogP contribution in [0.25, 0.3) is 0 Å². The first-order chi connectivity index (χ1) is 10.2. The average Bonchev–Trinajstić information content (AvgIpc) is 2.54. The van der Waals surface area contributed by atoms with E-state index in [2.05, 4.69) is 10.6 Å². The van der Waals surface area contributed by atoms with E-state index in [4.69, 9.17) is 0 Å². The van der Waals surface area contributed by atoms with Gasteiger partial charge in [0.1, 0.15) is 0 Å². The first kappa shape index (κ1) is 15.5. The number of piperidine rings is 1. The number of imide groups is 1. The van der Waals surface area contributed by atoms with Crippen molar-refractivity contribution in [2.75, 3.05) is 13.1 Å². The second kappa shape index (κ2) is 7.78. The molecular weight excluding hydrogens is 266 g/mol. The summed E-state index contributed by atoms with van der Waals surface area (Å²) in [5.74, 6) is -0.197. The normalized spacial score (nSPS) is 17.0. The Balaban J connectivity index is 1.75. The highest BCUT2D eigenvalue weighted by molar-refractivity contribution is 5.96. The SMILES string of the molecule is C[C@@H](C(=O)NC(=O)NCc1ccccc1)[NH+]1CCCCC1. The summed E-state index contributed by atoms with van der Waals surface area (Å²) in [6.45, 7) is 4.34. The Bertz CT molecular complexity index is 470.